The van der Waals surface area contributed by atoms with Crippen LogP contribution < -0.4 is 0 Å². The van der Waals surface area contributed by atoms with Crippen LogP contribution in [0.25, 0.3) is 0 Å². The Bertz CT molecular complexity index is 778. The summed E-state index contributed by atoms with van der Waals surface area (Å²) < 4.78 is -13.2. The van der Waals surface area contributed by atoms with Gasteiger partial charge in [0.1, 0.15) is 4.87 Å². The van der Waals surface area contributed by atoms with E-state index < -0.39 is 42.1 Å². The minimum atomic E-state index is -2.67. The Labute approximate surface area is 239 Å². The molecule has 0 heterocycles. The van der Waals surface area contributed by atoms with E-state index in [0.29, 0.717) is 0 Å². The fourth-order valence-corrected chi connectivity index (χ4v) is 8.61. The van der Waals surface area contributed by atoms with Crippen LogP contribution in [0.3, 0.4) is 0 Å². The van der Waals surface area contributed by atoms with Crippen LogP contribution in [-0.4, -0.2) is 21.7 Å². The van der Waals surface area contributed by atoms with E-state index in [-0.39, 0.29) is 15.1 Å². The van der Waals surface area contributed by atoms with E-state index in [1.807, 2.05) is 0 Å². The molecule has 16 heteroatoms. The lowest BCUT2D eigenvalue weighted by Crippen LogP contribution is -2.78. The van der Waals surface area contributed by atoms with Crippen LogP contribution in [0.4, 0.5) is 0 Å². The van der Waals surface area contributed by atoms with Crippen molar-refractivity contribution in [2.45, 2.75) is 26.5 Å². The molecule has 1 aromatic rings. The van der Waals surface area contributed by atoms with Crippen molar-refractivity contribution in [1.82, 2.24) is 0 Å². The lowest BCUT2D eigenvalue weighted by atomic mass is 9.79. The summed E-state index contributed by atoms with van der Waals surface area (Å²) in [6.45, 7) is 0. The molecule has 0 aliphatic heterocycles. The summed E-state index contributed by atoms with van der Waals surface area (Å²) in [5.74, 6) is 0. The molecule has 0 saturated heterocycles. The van der Waals surface area contributed by atoms with Crippen LogP contribution in [0.2, 0.25) is 25.1 Å². The van der Waals surface area contributed by atoms with Gasteiger partial charge in [0.2, 0.25) is 0 Å². The maximum Gasteiger partial charge on any atom is 0.189 e. The van der Waals surface area contributed by atoms with Gasteiger partial charge >= 0.3 is 0 Å². The van der Waals surface area contributed by atoms with Gasteiger partial charge in [0.25, 0.3) is 0 Å². The van der Waals surface area contributed by atoms with E-state index in [2.05, 4.69) is 0 Å². The first-order chi connectivity index (χ1) is 12.2. The molecule has 1 fully saturated rings. The smallest absolute Gasteiger partial charge is 0.107 e. The summed E-state index contributed by atoms with van der Waals surface area (Å²) in [4.78, 5) is -2.61. The largest absolute Gasteiger partial charge is 0.189 e. The second-order valence-corrected chi connectivity index (χ2v) is 14.6. The van der Waals surface area contributed by atoms with Gasteiger partial charge in [0.05, 0.1) is 25.1 Å². The molecule has 2 rings (SSSR count). The van der Waals surface area contributed by atoms with Gasteiger partial charge in [-0.2, -0.15) is 0 Å². The van der Waals surface area contributed by atoms with Gasteiger partial charge in [0, 0.05) is 5.56 Å². The van der Waals surface area contributed by atoms with Crippen molar-refractivity contribution >= 4 is 186 Å². The molecule has 0 aromatic heterocycles. The molecule has 160 valence electrons. The van der Waals surface area contributed by atoms with E-state index in [1.54, 1.807) is 0 Å². The lowest BCUT2D eigenvalue weighted by molar-refractivity contribution is 0.305. The van der Waals surface area contributed by atoms with E-state index >= 15 is 0 Å². The second-order valence-electron chi connectivity index (χ2n) is 5.48. The third kappa shape index (κ3) is 3.22. The van der Waals surface area contributed by atoms with Crippen molar-refractivity contribution in [3.05, 3.63) is 30.7 Å². The molecule has 0 atom stereocenters. The number of benzene rings is 1. The van der Waals surface area contributed by atoms with Crippen LogP contribution in [0.1, 0.15) is 5.56 Å². The predicted molar refractivity (Wildman–Crippen MR) is 131 cm³/mol. The fourth-order valence-electron chi connectivity index (χ4n) is 2.44. The highest BCUT2D eigenvalue weighted by atomic mass is 35.6. The summed E-state index contributed by atoms with van der Waals surface area (Å²) in [7, 11) is 0. The van der Waals surface area contributed by atoms with Crippen molar-refractivity contribution in [3.63, 3.8) is 0 Å². The van der Waals surface area contributed by atoms with Crippen LogP contribution in [0.15, 0.2) is 0 Å². The van der Waals surface area contributed by atoms with E-state index in [0.717, 1.165) is 0 Å². The third-order valence-electron chi connectivity index (χ3n) is 4.00. The zero-order valence-corrected chi connectivity index (χ0v) is 24.1. The van der Waals surface area contributed by atoms with Crippen molar-refractivity contribution < 1.29 is 0 Å². The highest BCUT2D eigenvalue weighted by molar-refractivity contribution is 6.80. The predicted octanol–water partition coefficient (Wildman–Crippen LogP) is 11.3. The Morgan fingerprint density at radius 1 is 0.321 bits per heavy atom. The molecule has 0 amide bonds. The van der Waals surface area contributed by atoms with Crippen molar-refractivity contribution in [2.24, 2.45) is 0 Å². The summed E-state index contributed by atoms with van der Waals surface area (Å²) >= 11 is 101. The van der Waals surface area contributed by atoms with Gasteiger partial charge < -0.3 is 0 Å². The summed E-state index contributed by atoms with van der Waals surface area (Å²) in [6.07, 6.45) is 0. The van der Waals surface area contributed by atoms with Crippen LogP contribution >= 0.6 is 186 Å². The third-order valence-corrected chi connectivity index (χ3v) is 14.6. The molecule has 1 aromatic carbocycles. The molecule has 28 heavy (non-hydrogen) atoms. The summed E-state index contributed by atoms with van der Waals surface area (Å²) in [6, 6.07) is 0. The number of halogens is 16. The minimum Gasteiger partial charge on any atom is -0.107 e. The van der Waals surface area contributed by atoms with Crippen LogP contribution in [0.5, 0.6) is 0 Å². The maximum absolute atomic E-state index is 6.77. The Hall–Kier alpha value is 3.86. The molecule has 0 N–H and O–H groups in total. The van der Waals surface area contributed by atoms with E-state index in [9.17, 15) is 0 Å². The van der Waals surface area contributed by atoms with Gasteiger partial charge in [-0.05, 0) is 0 Å². The van der Waals surface area contributed by atoms with Gasteiger partial charge in [-0.15, -0.1) is 11.6 Å². The van der Waals surface area contributed by atoms with E-state index in [4.69, 9.17) is 186 Å². The molecular weight excluding hydrogens is 711 g/mol. The molecule has 1 aliphatic rings. The number of alkyl halides is 11. The van der Waals surface area contributed by atoms with Gasteiger partial charge in [-0.25, -0.2) is 0 Å². The zero-order valence-electron chi connectivity index (χ0n) is 12.0. The molecular formula is C12Cl16. The van der Waals surface area contributed by atoms with Crippen molar-refractivity contribution in [3.8, 4) is 0 Å². The lowest BCUT2D eigenvalue weighted by Gasteiger charge is -2.63. The fraction of sp³-hybridized carbons (Fsp3) is 0.500. The molecule has 0 nitrogen and oxygen atoms in total. The normalized spacial score (nSPS) is 26.1. The first-order valence-electron chi connectivity index (χ1n) is 6.27. The van der Waals surface area contributed by atoms with Crippen LogP contribution in [0, 0.1) is 0 Å². The van der Waals surface area contributed by atoms with Gasteiger partial charge in [-0.3, -0.25) is 0 Å². The first-order valence-corrected chi connectivity index (χ1v) is 12.3. The first kappa shape index (κ1) is 28.1. The average molecular weight is 711 g/mol. The monoisotopic (exact) mass is 704 g/mol. The van der Waals surface area contributed by atoms with Gasteiger partial charge in [0.15, 0.2) is 21.7 Å². The van der Waals surface area contributed by atoms with Crippen molar-refractivity contribution in [1.29, 1.82) is 0 Å². The Balaban J connectivity index is 3.14. The summed E-state index contributed by atoms with van der Waals surface area (Å²) in [5.41, 5.74) is -0.424. The maximum atomic E-state index is 6.77. The highest BCUT2D eigenvalue weighted by Crippen LogP contribution is 2.80. The van der Waals surface area contributed by atoms with Crippen molar-refractivity contribution in [2.75, 3.05) is 0 Å². The SMILES string of the molecule is Clc1c(Cl)c(Cl)c(C2(Cl)C(Cl)(Cl)C(Cl)(Cl)C(Cl)(Cl)C(Cl)(Cl)C2(Cl)Cl)c(Cl)c1Cl. The Kier molecular flexibility index (Phi) is 8.25. The van der Waals surface area contributed by atoms with Gasteiger partial charge in [-0.1, -0.05) is 174 Å². The molecule has 1 aliphatic carbocycles. The molecule has 0 bridgehead atoms. The molecule has 0 unspecified atom stereocenters. The highest BCUT2D eigenvalue weighted by Gasteiger charge is 2.88. The number of hydrogen-bond donors (Lipinski definition) is 0. The topological polar surface area (TPSA) is 0 Å². The van der Waals surface area contributed by atoms with E-state index in [1.165, 1.54) is 0 Å². The summed E-state index contributed by atoms with van der Waals surface area (Å²) in [5, 5.41) is -1.58. The quantitative estimate of drug-likeness (QED) is 0.155. The number of rotatable bonds is 1. The molecule has 0 radical (unpaired) electrons. The molecule has 1 saturated carbocycles. The minimum absolute atomic E-state index is 0.210. The number of hydrogen-bond acceptors (Lipinski definition) is 0. The Morgan fingerprint density at radius 2 is 0.536 bits per heavy atom. The Morgan fingerprint density at radius 3 is 0.821 bits per heavy atom. The second kappa shape index (κ2) is 8.22. The average Bonchev–Trinajstić information content (AvgIpc) is 2.56. The zero-order chi connectivity index (χ0) is 22.5. The molecule has 0 spiro atoms. The standard InChI is InChI=1S/C12Cl16/c13-2-1(3(14)5(16)6(17)4(2)15)7(18)8(19,20)10(23,24)12(27,28)11(25,26)9(7,21)22. The van der Waals surface area contributed by atoms with Crippen LogP contribution in [-0.2, 0) is 4.87 Å².